The second-order valence-corrected chi connectivity index (χ2v) is 5.67. The van der Waals surface area contributed by atoms with Crippen LogP contribution in [0.1, 0.15) is 55.9 Å². The monoisotopic (exact) mass is 281 g/mol. The molecule has 0 bridgehead atoms. The van der Waals surface area contributed by atoms with E-state index in [1.54, 1.807) is 0 Å². The van der Waals surface area contributed by atoms with Crippen LogP contribution in [-0.4, -0.2) is 30.7 Å². The van der Waals surface area contributed by atoms with Gasteiger partial charge in [0.15, 0.2) is 5.69 Å². The van der Waals surface area contributed by atoms with E-state index < -0.39 is 0 Å². The molecule has 2 N–H and O–H groups in total. The first-order valence-electron chi connectivity index (χ1n) is 7.30. The predicted molar refractivity (Wildman–Crippen MR) is 79.9 cm³/mol. The Kier molecular flexibility index (Phi) is 5.74. The summed E-state index contributed by atoms with van der Waals surface area (Å²) in [5.41, 5.74) is 1.25. The molecule has 0 aromatic carbocycles. The van der Waals surface area contributed by atoms with Crippen molar-refractivity contribution < 1.29 is 9.32 Å². The zero-order chi connectivity index (χ0) is 15.3. The molecular formula is C15H27N3O2. The van der Waals surface area contributed by atoms with Crippen molar-refractivity contribution in [1.29, 1.82) is 0 Å². The lowest BCUT2D eigenvalue weighted by Crippen LogP contribution is -2.48. The van der Waals surface area contributed by atoms with Gasteiger partial charge in [0.1, 0.15) is 5.76 Å². The Morgan fingerprint density at radius 1 is 1.45 bits per heavy atom. The van der Waals surface area contributed by atoms with Crippen LogP contribution in [0, 0.1) is 12.3 Å². The van der Waals surface area contributed by atoms with E-state index in [9.17, 15) is 4.79 Å². The van der Waals surface area contributed by atoms with E-state index in [4.69, 9.17) is 4.52 Å². The van der Waals surface area contributed by atoms with Gasteiger partial charge in [-0.15, -0.1) is 0 Å². The van der Waals surface area contributed by atoms with Gasteiger partial charge in [-0.3, -0.25) is 4.79 Å². The molecule has 1 aromatic rings. The molecule has 0 aliphatic heterocycles. The number of aryl methyl sites for hydroxylation is 1. The lowest BCUT2D eigenvalue weighted by atomic mass is 9.80. The highest BCUT2D eigenvalue weighted by Crippen LogP contribution is 2.25. The highest BCUT2D eigenvalue weighted by molar-refractivity contribution is 5.93. The van der Waals surface area contributed by atoms with Crippen LogP contribution >= 0.6 is 0 Å². The number of nitrogens with zero attached hydrogens (tertiary/aromatic N) is 1. The summed E-state index contributed by atoms with van der Waals surface area (Å²) in [4.78, 5) is 12.3. The molecule has 1 amide bonds. The Balaban J connectivity index is 2.81. The second kappa shape index (κ2) is 6.88. The fourth-order valence-electron chi connectivity index (χ4n) is 2.34. The lowest BCUT2D eigenvalue weighted by molar-refractivity contribution is 0.0882. The predicted octanol–water partition coefficient (Wildman–Crippen LogP) is 2.30. The van der Waals surface area contributed by atoms with Crippen molar-refractivity contribution in [1.82, 2.24) is 15.8 Å². The van der Waals surface area contributed by atoms with Crippen molar-refractivity contribution in [2.45, 2.75) is 53.5 Å². The van der Waals surface area contributed by atoms with Gasteiger partial charge in [-0.05, 0) is 32.7 Å². The molecule has 0 saturated carbocycles. The van der Waals surface area contributed by atoms with E-state index in [1.807, 2.05) is 27.8 Å². The van der Waals surface area contributed by atoms with Gasteiger partial charge in [0.25, 0.3) is 5.91 Å². The minimum absolute atomic E-state index is 0.00956. The van der Waals surface area contributed by atoms with Crippen LogP contribution < -0.4 is 10.6 Å². The molecule has 1 heterocycles. The van der Waals surface area contributed by atoms with Gasteiger partial charge in [-0.1, -0.05) is 25.9 Å². The number of hydrogen-bond donors (Lipinski definition) is 2. The summed E-state index contributed by atoms with van der Waals surface area (Å²) in [6.07, 6.45) is 1.72. The summed E-state index contributed by atoms with van der Waals surface area (Å²) in [6.45, 7) is 11.1. The van der Waals surface area contributed by atoms with Gasteiger partial charge in [0.05, 0.1) is 0 Å². The van der Waals surface area contributed by atoms with Crippen LogP contribution in [0.25, 0.3) is 0 Å². The molecule has 0 fully saturated rings. The van der Waals surface area contributed by atoms with Crippen LogP contribution in [-0.2, 0) is 6.42 Å². The molecule has 5 heteroatoms. The third kappa shape index (κ3) is 3.39. The Morgan fingerprint density at radius 2 is 2.10 bits per heavy atom. The fourth-order valence-corrected chi connectivity index (χ4v) is 2.34. The highest BCUT2D eigenvalue weighted by atomic mass is 16.5. The molecule has 5 nitrogen and oxygen atoms in total. The molecule has 2 unspecified atom stereocenters. The third-order valence-corrected chi connectivity index (χ3v) is 4.34. The number of aromatic nitrogens is 1. The minimum Gasteiger partial charge on any atom is -0.360 e. The summed E-state index contributed by atoms with van der Waals surface area (Å²) in [5, 5.41) is 10.1. The van der Waals surface area contributed by atoms with E-state index in [-0.39, 0.29) is 17.4 Å². The number of carbonyl (C=O) groups is 1. The maximum atomic E-state index is 12.3. The number of carbonyl (C=O) groups excluding carboxylic acids is 1. The molecule has 1 aromatic heterocycles. The van der Waals surface area contributed by atoms with E-state index in [1.165, 1.54) is 0 Å². The molecular weight excluding hydrogens is 254 g/mol. The zero-order valence-electron chi connectivity index (χ0n) is 13.5. The number of hydrogen-bond acceptors (Lipinski definition) is 4. The van der Waals surface area contributed by atoms with Crippen molar-refractivity contribution in [2.75, 3.05) is 13.6 Å². The van der Waals surface area contributed by atoms with Crippen molar-refractivity contribution in [2.24, 2.45) is 5.41 Å². The average molecular weight is 281 g/mol. The molecule has 0 aliphatic rings. The van der Waals surface area contributed by atoms with Crippen LogP contribution in [0.5, 0.6) is 0 Å². The van der Waals surface area contributed by atoms with E-state index in [0.29, 0.717) is 5.69 Å². The number of rotatable bonds is 7. The molecule has 0 spiro atoms. The quantitative estimate of drug-likeness (QED) is 0.805. The van der Waals surface area contributed by atoms with Gasteiger partial charge >= 0.3 is 0 Å². The zero-order valence-corrected chi connectivity index (χ0v) is 13.5. The number of amides is 1. The van der Waals surface area contributed by atoms with Crippen molar-refractivity contribution in [3.63, 3.8) is 0 Å². The largest absolute Gasteiger partial charge is 0.360 e. The van der Waals surface area contributed by atoms with Gasteiger partial charge in [-0.2, -0.15) is 0 Å². The Morgan fingerprint density at radius 3 is 2.55 bits per heavy atom. The van der Waals surface area contributed by atoms with Crippen molar-refractivity contribution >= 4 is 5.91 Å². The maximum absolute atomic E-state index is 12.3. The Labute approximate surface area is 121 Å². The van der Waals surface area contributed by atoms with E-state index in [2.05, 4.69) is 29.6 Å². The molecule has 0 aliphatic carbocycles. The van der Waals surface area contributed by atoms with Crippen molar-refractivity contribution in [3.8, 4) is 0 Å². The summed E-state index contributed by atoms with van der Waals surface area (Å²) in [5.74, 6) is 0.616. The van der Waals surface area contributed by atoms with Crippen LogP contribution in [0.2, 0.25) is 0 Å². The lowest BCUT2D eigenvalue weighted by Gasteiger charge is -2.35. The molecule has 1 rings (SSSR count). The summed E-state index contributed by atoms with van der Waals surface area (Å²) in [7, 11) is 1.93. The highest BCUT2D eigenvalue weighted by Gasteiger charge is 2.31. The molecule has 114 valence electrons. The summed E-state index contributed by atoms with van der Waals surface area (Å²) >= 11 is 0. The normalized spacial score (nSPS) is 15.7. The van der Waals surface area contributed by atoms with Gasteiger partial charge in [0, 0.05) is 24.6 Å². The first-order chi connectivity index (χ1) is 9.39. The SMILES string of the molecule is CCc1onc(C(=O)NC(C)C(C)(CC)CNC)c1C. The van der Waals surface area contributed by atoms with Crippen LogP contribution in [0.3, 0.4) is 0 Å². The van der Waals surface area contributed by atoms with Crippen LogP contribution in [0.4, 0.5) is 0 Å². The smallest absolute Gasteiger partial charge is 0.273 e. The summed E-state index contributed by atoms with van der Waals surface area (Å²) in [6, 6.07) is 0.0497. The summed E-state index contributed by atoms with van der Waals surface area (Å²) < 4.78 is 5.18. The van der Waals surface area contributed by atoms with Gasteiger partial charge in [0.2, 0.25) is 0 Å². The molecule has 2 atom stereocenters. The Bertz CT molecular complexity index is 456. The third-order valence-electron chi connectivity index (χ3n) is 4.34. The minimum atomic E-state index is -0.158. The van der Waals surface area contributed by atoms with Gasteiger partial charge < -0.3 is 15.2 Å². The molecule has 20 heavy (non-hydrogen) atoms. The number of nitrogens with one attached hydrogen (secondary N) is 2. The fraction of sp³-hybridized carbons (Fsp3) is 0.733. The van der Waals surface area contributed by atoms with Crippen LogP contribution in [0.15, 0.2) is 4.52 Å². The average Bonchev–Trinajstić information content (AvgIpc) is 2.79. The first kappa shape index (κ1) is 16.7. The topological polar surface area (TPSA) is 67.2 Å². The molecule has 0 radical (unpaired) electrons. The maximum Gasteiger partial charge on any atom is 0.273 e. The van der Waals surface area contributed by atoms with Gasteiger partial charge in [-0.25, -0.2) is 0 Å². The Hall–Kier alpha value is -1.36. The van der Waals surface area contributed by atoms with E-state index >= 15 is 0 Å². The standard InChI is InChI=1S/C15H27N3O2/c1-7-12-10(3)13(18-20-12)14(19)17-11(4)15(5,8-2)9-16-6/h11,16H,7-9H2,1-6H3,(H,17,19). The van der Waals surface area contributed by atoms with E-state index in [0.717, 1.165) is 30.7 Å². The second-order valence-electron chi connectivity index (χ2n) is 5.67. The van der Waals surface area contributed by atoms with Crippen molar-refractivity contribution in [3.05, 3.63) is 17.0 Å². The first-order valence-corrected chi connectivity index (χ1v) is 7.30. The molecule has 0 saturated heterocycles.